The molecule has 0 saturated heterocycles. The van der Waals surface area contributed by atoms with Crippen LogP contribution in [0.2, 0.25) is 0 Å². The Labute approximate surface area is 180 Å². The number of hydrogen-bond acceptors (Lipinski definition) is 6. The number of ether oxygens (including phenoxy) is 1. The third-order valence-electron chi connectivity index (χ3n) is 4.59. The Bertz CT molecular complexity index is 1160. The zero-order chi connectivity index (χ0) is 21.7. The molecule has 7 nitrogen and oxygen atoms in total. The van der Waals surface area contributed by atoms with Crippen molar-refractivity contribution in [3.8, 4) is 5.75 Å². The number of aryl methyl sites for hydroxylation is 1. The molecule has 0 fully saturated rings. The number of fused-ring (bicyclic) bond motifs is 1. The van der Waals surface area contributed by atoms with Crippen LogP contribution in [0.15, 0.2) is 52.5 Å². The molecule has 2 aromatic carbocycles. The van der Waals surface area contributed by atoms with E-state index in [1.165, 1.54) is 30.8 Å². The van der Waals surface area contributed by atoms with Crippen LogP contribution in [0.4, 0.5) is 0 Å². The highest BCUT2D eigenvalue weighted by molar-refractivity contribution is 7.99. The highest BCUT2D eigenvalue weighted by atomic mass is 32.2. The van der Waals surface area contributed by atoms with Gasteiger partial charge in [-0.3, -0.25) is 4.79 Å². The second-order valence-electron chi connectivity index (χ2n) is 6.84. The quantitative estimate of drug-likeness (QED) is 0.287. The number of Topliss-reactive ketones (excluding diaryl/α,β-unsaturated/α-hetero) is 1. The van der Waals surface area contributed by atoms with Gasteiger partial charge in [0.25, 0.3) is 0 Å². The first-order valence-corrected chi connectivity index (χ1v) is 12.2. The summed E-state index contributed by atoms with van der Waals surface area (Å²) in [6, 6.07) is 12.0. The van der Waals surface area contributed by atoms with Crippen molar-refractivity contribution in [2.45, 2.75) is 43.3 Å². The van der Waals surface area contributed by atoms with Crippen molar-refractivity contribution < 1.29 is 17.9 Å². The van der Waals surface area contributed by atoms with Gasteiger partial charge in [0.15, 0.2) is 10.9 Å². The Morgan fingerprint density at radius 3 is 2.70 bits per heavy atom. The standard InChI is InChI=1S/C21H25N3O4S2/c1-3-4-11-24-19-10-9-16(30(22,26)27)14-18(19)23-21(24)29-13-12-28-20-8-6-5-7-17(20)15(2)25/h5-10,14H,3-4,11-13H2,1-2H3,(H2,22,26,27). The zero-order valence-electron chi connectivity index (χ0n) is 17.0. The molecule has 0 radical (unpaired) electrons. The molecule has 0 spiro atoms. The van der Waals surface area contributed by atoms with E-state index in [9.17, 15) is 13.2 Å². The molecule has 3 rings (SSSR count). The van der Waals surface area contributed by atoms with Crippen LogP contribution in [0.25, 0.3) is 11.0 Å². The summed E-state index contributed by atoms with van der Waals surface area (Å²) in [6.07, 6.45) is 2.02. The number of imidazole rings is 1. The summed E-state index contributed by atoms with van der Waals surface area (Å²) in [5, 5.41) is 6.05. The lowest BCUT2D eigenvalue weighted by Gasteiger charge is -2.10. The Hall–Kier alpha value is -2.36. The summed E-state index contributed by atoms with van der Waals surface area (Å²) >= 11 is 1.53. The minimum absolute atomic E-state index is 0.0368. The van der Waals surface area contributed by atoms with Crippen molar-refractivity contribution in [2.24, 2.45) is 5.14 Å². The van der Waals surface area contributed by atoms with Crippen LogP contribution >= 0.6 is 11.8 Å². The minimum Gasteiger partial charge on any atom is -0.492 e. The van der Waals surface area contributed by atoms with Crippen LogP contribution in [-0.4, -0.2) is 36.1 Å². The SMILES string of the molecule is CCCCn1c(SCCOc2ccccc2C(C)=O)nc2cc(S(N)(=O)=O)ccc21. The number of aromatic nitrogens is 2. The summed E-state index contributed by atoms with van der Waals surface area (Å²) in [7, 11) is -3.78. The van der Waals surface area contributed by atoms with Crippen LogP contribution < -0.4 is 9.88 Å². The first-order chi connectivity index (χ1) is 14.3. The maximum absolute atomic E-state index is 11.7. The van der Waals surface area contributed by atoms with Gasteiger partial charge in [0.05, 0.1) is 28.1 Å². The first-order valence-electron chi connectivity index (χ1n) is 9.70. The van der Waals surface area contributed by atoms with Crippen molar-refractivity contribution in [3.63, 3.8) is 0 Å². The number of unbranched alkanes of at least 4 members (excludes halogenated alkanes) is 1. The molecule has 160 valence electrons. The van der Waals surface area contributed by atoms with Crippen molar-refractivity contribution in [2.75, 3.05) is 12.4 Å². The normalized spacial score (nSPS) is 11.7. The fourth-order valence-corrected chi connectivity index (χ4v) is 4.47. The van der Waals surface area contributed by atoms with E-state index in [1.807, 2.05) is 12.1 Å². The zero-order valence-corrected chi connectivity index (χ0v) is 18.6. The van der Waals surface area contributed by atoms with Crippen LogP contribution in [0.1, 0.15) is 37.0 Å². The number of hydrogen-bond donors (Lipinski definition) is 1. The average molecular weight is 448 g/mol. The summed E-state index contributed by atoms with van der Waals surface area (Å²) in [6.45, 7) is 4.83. The molecule has 0 aliphatic rings. The number of sulfonamides is 1. The number of rotatable bonds is 10. The second kappa shape index (κ2) is 9.63. The van der Waals surface area contributed by atoms with E-state index in [-0.39, 0.29) is 10.7 Å². The Morgan fingerprint density at radius 1 is 1.23 bits per heavy atom. The monoisotopic (exact) mass is 447 g/mol. The van der Waals surface area contributed by atoms with Gasteiger partial charge in [-0.05, 0) is 43.7 Å². The van der Waals surface area contributed by atoms with Crippen molar-refractivity contribution in [1.82, 2.24) is 9.55 Å². The summed E-state index contributed by atoms with van der Waals surface area (Å²) in [5.41, 5.74) is 2.04. The maximum atomic E-state index is 11.7. The number of carbonyl (C=O) groups is 1. The van der Waals surface area contributed by atoms with Crippen molar-refractivity contribution in [1.29, 1.82) is 0 Å². The molecule has 0 unspecified atom stereocenters. The number of carbonyl (C=O) groups excluding carboxylic acids is 1. The molecule has 0 atom stereocenters. The molecule has 9 heteroatoms. The van der Waals surface area contributed by atoms with Gasteiger partial charge < -0.3 is 9.30 Å². The van der Waals surface area contributed by atoms with Gasteiger partial charge in [-0.15, -0.1) is 0 Å². The van der Waals surface area contributed by atoms with Crippen molar-refractivity contribution >= 4 is 38.6 Å². The van der Waals surface area contributed by atoms with E-state index in [4.69, 9.17) is 9.88 Å². The molecule has 30 heavy (non-hydrogen) atoms. The summed E-state index contributed by atoms with van der Waals surface area (Å²) in [4.78, 5) is 16.4. The first kappa shape index (κ1) is 22.3. The van der Waals surface area contributed by atoms with Crippen LogP contribution in [0.5, 0.6) is 5.75 Å². The van der Waals surface area contributed by atoms with Crippen molar-refractivity contribution in [3.05, 3.63) is 48.0 Å². The largest absolute Gasteiger partial charge is 0.492 e. The fourth-order valence-electron chi connectivity index (χ4n) is 3.07. The number of thioether (sulfide) groups is 1. The van der Waals surface area contributed by atoms with E-state index >= 15 is 0 Å². The van der Waals surface area contributed by atoms with E-state index in [0.717, 1.165) is 30.1 Å². The molecule has 1 aromatic heterocycles. The lowest BCUT2D eigenvalue weighted by Crippen LogP contribution is -2.11. The Balaban J connectivity index is 1.77. The van der Waals surface area contributed by atoms with Gasteiger partial charge in [-0.25, -0.2) is 18.5 Å². The molecule has 1 heterocycles. The number of primary sulfonamides is 1. The van der Waals surface area contributed by atoms with Gasteiger partial charge in [-0.2, -0.15) is 0 Å². The van der Waals surface area contributed by atoms with Gasteiger partial charge >= 0.3 is 0 Å². The number of benzene rings is 2. The molecule has 3 aromatic rings. The van der Waals surface area contributed by atoms with Gasteiger partial charge in [0.1, 0.15) is 5.75 Å². The molecule has 0 bridgehead atoms. The summed E-state index contributed by atoms with van der Waals surface area (Å²) < 4.78 is 31.2. The second-order valence-corrected chi connectivity index (χ2v) is 9.47. The van der Waals surface area contributed by atoms with E-state index < -0.39 is 10.0 Å². The number of ketones is 1. The Kier molecular flexibility index (Phi) is 7.17. The van der Waals surface area contributed by atoms with Crippen LogP contribution in [0, 0.1) is 0 Å². The van der Waals surface area contributed by atoms with E-state index in [2.05, 4.69) is 16.5 Å². The predicted octanol–water partition coefficient (Wildman–Crippen LogP) is 3.86. The fraction of sp³-hybridized carbons (Fsp3) is 0.333. The predicted molar refractivity (Wildman–Crippen MR) is 119 cm³/mol. The molecular formula is C21H25N3O4S2. The molecule has 0 aliphatic heterocycles. The lowest BCUT2D eigenvalue weighted by atomic mass is 10.1. The third-order valence-corrected chi connectivity index (χ3v) is 6.44. The smallest absolute Gasteiger partial charge is 0.238 e. The molecule has 0 aliphatic carbocycles. The topological polar surface area (TPSA) is 104 Å². The molecular weight excluding hydrogens is 422 g/mol. The van der Waals surface area contributed by atoms with Gasteiger partial charge in [0, 0.05) is 12.3 Å². The lowest BCUT2D eigenvalue weighted by molar-refractivity contribution is 0.101. The van der Waals surface area contributed by atoms with Crippen LogP contribution in [-0.2, 0) is 16.6 Å². The van der Waals surface area contributed by atoms with E-state index in [1.54, 1.807) is 18.2 Å². The van der Waals surface area contributed by atoms with Gasteiger partial charge in [-0.1, -0.05) is 37.2 Å². The molecule has 0 amide bonds. The molecule has 2 N–H and O–H groups in total. The summed E-state index contributed by atoms with van der Waals surface area (Å²) in [5.74, 6) is 1.16. The number of nitrogens with two attached hydrogens (primary N) is 1. The molecule has 0 saturated carbocycles. The maximum Gasteiger partial charge on any atom is 0.238 e. The van der Waals surface area contributed by atoms with Crippen LogP contribution in [0.3, 0.4) is 0 Å². The number of nitrogens with zero attached hydrogens (tertiary/aromatic N) is 2. The number of para-hydroxylation sites is 1. The van der Waals surface area contributed by atoms with E-state index in [0.29, 0.717) is 29.2 Å². The average Bonchev–Trinajstić information content (AvgIpc) is 3.05. The van der Waals surface area contributed by atoms with Gasteiger partial charge in [0.2, 0.25) is 10.0 Å². The highest BCUT2D eigenvalue weighted by Gasteiger charge is 2.15. The minimum atomic E-state index is -3.78. The third kappa shape index (κ3) is 5.21. The Morgan fingerprint density at radius 2 is 2.00 bits per heavy atom. The highest BCUT2D eigenvalue weighted by Crippen LogP contribution is 2.27.